The van der Waals surface area contributed by atoms with Crippen LogP contribution in [-0.2, 0) is 0 Å². The minimum absolute atomic E-state index is 0.150. The van der Waals surface area contributed by atoms with E-state index in [0.29, 0.717) is 0 Å². The van der Waals surface area contributed by atoms with Crippen LogP contribution in [0.4, 0.5) is 0 Å². The Morgan fingerprint density at radius 3 is 2.25 bits per heavy atom. The number of nitrogens with two attached hydrogens (primary N) is 1. The molecule has 0 bridgehead atoms. The molecule has 0 rings (SSSR count). The first kappa shape index (κ1) is 10.6. The van der Waals surface area contributed by atoms with Crippen LogP contribution in [0.1, 0.15) is 20.8 Å². The maximum absolute atomic E-state index is 10.1. The zero-order valence-electron chi connectivity index (χ0n) is 7.42. The van der Waals surface area contributed by atoms with Crippen molar-refractivity contribution in [3.05, 3.63) is 22.0 Å². The Morgan fingerprint density at radius 1 is 1.58 bits per heavy atom. The first-order chi connectivity index (χ1) is 5.25. The topological polar surface area (TPSA) is 93.0 Å². The van der Waals surface area contributed by atoms with Gasteiger partial charge in [0.1, 0.15) is 0 Å². The van der Waals surface area contributed by atoms with Crippen molar-refractivity contribution in [2.75, 3.05) is 0 Å². The monoisotopic (exact) mass is 171 g/mol. The highest BCUT2D eigenvalue weighted by Crippen LogP contribution is 2.15. The highest BCUT2D eigenvalue weighted by Gasteiger charge is 2.17. The van der Waals surface area contributed by atoms with Gasteiger partial charge in [-0.05, 0) is 4.92 Å². The van der Waals surface area contributed by atoms with Crippen molar-refractivity contribution >= 4 is 5.71 Å². The van der Waals surface area contributed by atoms with Crippen molar-refractivity contribution in [3.8, 4) is 0 Å². The number of hydrogen-bond acceptors (Lipinski definition) is 4. The summed E-state index contributed by atoms with van der Waals surface area (Å²) in [6.45, 7) is 5.37. The summed E-state index contributed by atoms with van der Waals surface area (Å²) in [6.07, 6.45) is 1.07. The molecule has 0 aliphatic carbocycles. The minimum Gasteiger partial charge on any atom is -0.358 e. The van der Waals surface area contributed by atoms with Gasteiger partial charge in [0.05, 0.1) is 6.08 Å². The number of allylic oxidation sites excluding steroid dienone is 1. The molecule has 0 aromatic rings. The molecule has 0 radical (unpaired) electrons. The number of nitrogens with zero attached hydrogens (tertiary/aromatic N) is 1. The van der Waals surface area contributed by atoms with Gasteiger partial charge in [0, 0.05) is 11.1 Å². The lowest BCUT2D eigenvalue weighted by molar-refractivity contribution is -0.426. The van der Waals surface area contributed by atoms with Crippen molar-refractivity contribution in [2.24, 2.45) is 11.1 Å². The molecule has 0 atom stereocenters. The Labute approximate surface area is 70.9 Å². The zero-order valence-corrected chi connectivity index (χ0v) is 7.42. The van der Waals surface area contributed by atoms with Crippen LogP contribution in [0.2, 0.25) is 0 Å². The number of nitrogens with one attached hydrogen (secondary N) is 1. The third-order valence-electron chi connectivity index (χ3n) is 1.31. The molecule has 0 heterocycles. The van der Waals surface area contributed by atoms with Crippen molar-refractivity contribution in [1.82, 2.24) is 0 Å². The van der Waals surface area contributed by atoms with Gasteiger partial charge in [-0.1, -0.05) is 20.8 Å². The van der Waals surface area contributed by atoms with Crippen molar-refractivity contribution < 1.29 is 4.92 Å². The second kappa shape index (κ2) is 3.34. The summed E-state index contributed by atoms with van der Waals surface area (Å²) in [5.41, 5.74) is 4.78. The molecule has 3 N–H and O–H groups in total. The molecule has 0 aliphatic rings. The lowest BCUT2D eigenvalue weighted by Gasteiger charge is -2.15. The number of nitro groups is 1. The zero-order chi connectivity index (χ0) is 9.94. The van der Waals surface area contributed by atoms with Crippen molar-refractivity contribution in [2.45, 2.75) is 20.8 Å². The molecule has 0 saturated heterocycles. The average Bonchev–Trinajstić information content (AvgIpc) is 1.85. The maximum Gasteiger partial charge on any atom is 0.315 e. The van der Waals surface area contributed by atoms with E-state index in [4.69, 9.17) is 11.1 Å². The Balaban J connectivity index is 4.57. The van der Waals surface area contributed by atoms with E-state index in [-0.39, 0.29) is 5.71 Å². The first-order valence-electron chi connectivity index (χ1n) is 3.45. The third-order valence-corrected chi connectivity index (χ3v) is 1.31. The van der Waals surface area contributed by atoms with Crippen LogP contribution in [0.15, 0.2) is 11.9 Å². The first-order valence-corrected chi connectivity index (χ1v) is 3.45. The summed E-state index contributed by atoms with van der Waals surface area (Å²) in [4.78, 5) is 9.37. The van der Waals surface area contributed by atoms with Gasteiger partial charge in [-0.25, -0.2) is 0 Å². The molecule has 5 heteroatoms. The van der Waals surface area contributed by atoms with E-state index in [9.17, 15) is 10.1 Å². The molecule has 0 saturated carbocycles. The van der Waals surface area contributed by atoms with Gasteiger partial charge in [0.25, 0.3) is 0 Å². The molecule has 68 valence electrons. The second-order valence-electron chi connectivity index (χ2n) is 3.49. The van der Waals surface area contributed by atoms with E-state index in [0.717, 1.165) is 6.08 Å². The predicted molar refractivity (Wildman–Crippen MR) is 46.4 cm³/mol. The van der Waals surface area contributed by atoms with Gasteiger partial charge in [0.2, 0.25) is 0 Å². The highest BCUT2D eigenvalue weighted by molar-refractivity contribution is 5.96. The Morgan fingerprint density at radius 2 is 2.00 bits per heavy atom. The van der Waals surface area contributed by atoms with Crippen LogP contribution in [-0.4, -0.2) is 10.6 Å². The van der Waals surface area contributed by atoms with E-state index in [2.05, 4.69) is 0 Å². The lowest BCUT2D eigenvalue weighted by Crippen LogP contribution is -2.20. The predicted octanol–water partition coefficient (Wildman–Crippen LogP) is 1.13. The van der Waals surface area contributed by atoms with Crippen LogP contribution < -0.4 is 5.73 Å². The molecule has 0 amide bonds. The molecule has 12 heavy (non-hydrogen) atoms. The van der Waals surface area contributed by atoms with Gasteiger partial charge in [-0.2, -0.15) is 0 Å². The van der Waals surface area contributed by atoms with Crippen molar-refractivity contribution in [1.29, 1.82) is 5.41 Å². The molecular weight excluding hydrogens is 158 g/mol. The van der Waals surface area contributed by atoms with E-state index in [1.165, 1.54) is 0 Å². The molecule has 5 nitrogen and oxygen atoms in total. The Bertz CT molecular complexity index is 238. The molecular formula is C7H13N3O2. The maximum atomic E-state index is 10.1. The molecule has 0 spiro atoms. The molecule has 0 fully saturated rings. The van der Waals surface area contributed by atoms with E-state index >= 15 is 0 Å². The fourth-order valence-corrected chi connectivity index (χ4v) is 0.417. The van der Waals surface area contributed by atoms with Crippen LogP contribution in [0.25, 0.3) is 0 Å². The average molecular weight is 171 g/mol. The van der Waals surface area contributed by atoms with Gasteiger partial charge < -0.3 is 15.5 Å². The van der Waals surface area contributed by atoms with Crippen LogP contribution in [0, 0.1) is 20.9 Å². The normalized spacial score (nSPS) is 12.8. The molecule has 0 aliphatic heterocycles. The minimum atomic E-state index is -0.708. The largest absolute Gasteiger partial charge is 0.358 e. The smallest absolute Gasteiger partial charge is 0.315 e. The van der Waals surface area contributed by atoms with Gasteiger partial charge in [-0.15, -0.1) is 0 Å². The highest BCUT2D eigenvalue weighted by atomic mass is 16.6. The van der Waals surface area contributed by atoms with Crippen LogP contribution in [0.3, 0.4) is 0 Å². The Hall–Kier alpha value is -1.39. The van der Waals surface area contributed by atoms with Crippen LogP contribution in [0.5, 0.6) is 0 Å². The molecule has 0 aromatic carbocycles. The Kier molecular flexibility index (Phi) is 2.95. The molecule has 0 unspecified atom stereocenters. The van der Waals surface area contributed by atoms with Crippen molar-refractivity contribution in [3.63, 3.8) is 0 Å². The summed E-state index contributed by atoms with van der Waals surface area (Å²) >= 11 is 0. The van der Waals surface area contributed by atoms with Crippen LogP contribution >= 0.6 is 0 Å². The fraction of sp³-hybridized carbons (Fsp3) is 0.571. The van der Waals surface area contributed by atoms with Gasteiger partial charge in [-0.3, -0.25) is 5.73 Å². The van der Waals surface area contributed by atoms with E-state index in [1.54, 1.807) is 20.8 Å². The standard InChI is InChI=1S/C7H13N3O2/c1-7(2,3)5(8)4-6(9)10(11)12/h4,8H,9H2,1-3H3/b6-4+,8-5?. The van der Waals surface area contributed by atoms with Gasteiger partial charge >= 0.3 is 5.82 Å². The lowest BCUT2D eigenvalue weighted by atomic mass is 9.90. The third kappa shape index (κ3) is 3.14. The second-order valence-corrected chi connectivity index (χ2v) is 3.49. The number of hydrogen-bond donors (Lipinski definition) is 2. The SMILES string of the molecule is CC(C)(C)C(=N)/C=C(\N)[N+](=O)[O-]. The number of rotatable bonds is 2. The summed E-state index contributed by atoms with van der Waals surface area (Å²) in [5.74, 6) is -0.491. The van der Waals surface area contributed by atoms with Gasteiger partial charge in [0.15, 0.2) is 0 Å². The van der Waals surface area contributed by atoms with E-state index in [1.807, 2.05) is 0 Å². The summed E-state index contributed by atoms with van der Waals surface area (Å²) in [6, 6.07) is 0. The van der Waals surface area contributed by atoms with E-state index < -0.39 is 16.2 Å². The summed E-state index contributed by atoms with van der Waals surface area (Å²) in [7, 11) is 0. The quantitative estimate of drug-likeness (QED) is 0.370. The molecule has 0 aromatic heterocycles. The fourth-order valence-electron chi connectivity index (χ4n) is 0.417. The summed E-state index contributed by atoms with van der Waals surface area (Å²) < 4.78 is 0. The summed E-state index contributed by atoms with van der Waals surface area (Å²) in [5, 5.41) is 17.5.